The van der Waals surface area contributed by atoms with Crippen LogP contribution in [0.3, 0.4) is 0 Å². The van der Waals surface area contributed by atoms with Gasteiger partial charge in [0.15, 0.2) is 0 Å². The number of rotatable bonds is 10. The summed E-state index contributed by atoms with van der Waals surface area (Å²) < 4.78 is 23.4. The number of benzene rings is 2. The molecule has 0 N–H and O–H groups in total. The number of carbonyl (C=O) groups is 1. The summed E-state index contributed by atoms with van der Waals surface area (Å²) >= 11 is 0. The fraction of sp³-hybridized carbons (Fsp3) is 0.300. The van der Waals surface area contributed by atoms with Crippen molar-refractivity contribution in [2.45, 2.75) is 26.9 Å². The second-order valence-corrected chi connectivity index (χ2v) is 7.82. The summed E-state index contributed by atoms with van der Waals surface area (Å²) in [6.45, 7) is 3.81. The van der Waals surface area contributed by atoms with Crippen LogP contribution in [0.5, 0.6) is 0 Å². The van der Waals surface area contributed by atoms with Gasteiger partial charge in [-0.2, -0.15) is 4.79 Å². The van der Waals surface area contributed by atoms with Gasteiger partial charge in [-0.05, 0) is 25.0 Å². The van der Waals surface area contributed by atoms with Crippen LogP contribution in [0.2, 0.25) is 0 Å². The van der Waals surface area contributed by atoms with E-state index in [1.54, 1.807) is 13.8 Å². The first kappa shape index (κ1) is 21.7. The van der Waals surface area contributed by atoms with Gasteiger partial charge in [0.1, 0.15) is 0 Å². The predicted octanol–water partition coefficient (Wildman–Crippen LogP) is 4.11. The van der Waals surface area contributed by atoms with Crippen LogP contribution in [0.25, 0.3) is 5.53 Å². The molecule has 2 aromatic rings. The van der Waals surface area contributed by atoms with Gasteiger partial charge in [0, 0.05) is 13.1 Å². The standard InChI is InChI=1S/C20H24N3O4P/c1-3-26-28(25,27-4-2)19(22-21)20(24)23(15-17-11-7-5-8-12-17)16-18-13-9-6-10-14-18/h5-14H,3-4,15-16H2,1-2H3. The molecule has 8 heteroatoms. The quantitative estimate of drug-likeness (QED) is 0.259. The zero-order chi connectivity index (χ0) is 20.4. The van der Waals surface area contributed by atoms with E-state index in [1.807, 2.05) is 60.7 Å². The Hall–Kier alpha value is -2.56. The highest BCUT2D eigenvalue weighted by atomic mass is 31.2. The molecule has 0 saturated carbocycles. The molecule has 0 saturated heterocycles. The van der Waals surface area contributed by atoms with Gasteiger partial charge in [-0.15, -0.1) is 0 Å². The van der Waals surface area contributed by atoms with Gasteiger partial charge in [-0.1, -0.05) is 60.7 Å². The van der Waals surface area contributed by atoms with Gasteiger partial charge >= 0.3 is 19.0 Å². The van der Waals surface area contributed by atoms with Crippen LogP contribution in [0.15, 0.2) is 60.7 Å². The van der Waals surface area contributed by atoms with Gasteiger partial charge in [-0.3, -0.25) is 4.79 Å². The molecule has 2 rings (SSSR count). The average Bonchev–Trinajstić information content (AvgIpc) is 2.70. The molecule has 0 atom stereocenters. The average molecular weight is 401 g/mol. The maximum absolute atomic E-state index is 13.2. The normalized spacial score (nSPS) is 10.9. The van der Waals surface area contributed by atoms with Crippen molar-refractivity contribution < 1.29 is 23.2 Å². The summed E-state index contributed by atoms with van der Waals surface area (Å²) in [6, 6.07) is 18.8. The van der Waals surface area contributed by atoms with E-state index in [4.69, 9.17) is 9.05 Å². The van der Waals surface area contributed by atoms with E-state index in [-0.39, 0.29) is 26.3 Å². The van der Waals surface area contributed by atoms with E-state index in [0.29, 0.717) is 0 Å². The monoisotopic (exact) mass is 401 g/mol. The molecule has 148 valence electrons. The molecule has 0 spiro atoms. The molecular formula is C20H24N3O4P. The molecule has 0 aliphatic carbocycles. The summed E-state index contributed by atoms with van der Waals surface area (Å²) in [5, 5.41) is 0. The van der Waals surface area contributed by atoms with Crippen LogP contribution in [-0.2, 0) is 31.5 Å². The smallest absolute Gasteiger partial charge is 0.360 e. The largest absolute Gasteiger partial charge is 0.465 e. The summed E-state index contributed by atoms with van der Waals surface area (Å²) in [4.78, 5) is 17.6. The van der Waals surface area contributed by atoms with Crippen LogP contribution in [0.4, 0.5) is 0 Å². The highest BCUT2D eigenvalue weighted by Gasteiger charge is 2.47. The molecule has 28 heavy (non-hydrogen) atoms. The molecule has 0 unspecified atom stereocenters. The first-order valence-corrected chi connectivity index (χ1v) is 10.6. The molecule has 7 nitrogen and oxygen atoms in total. The zero-order valence-electron chi connectivity index (χ0n) is 16.0. The Morgan fingerprint density at radius 3 is 1.71 bits per heavy atom. The highest BCUT2D eigenvalue weighted by Crippen LogP contribution is 2.49. The van der Waals surface area contributed by atoms with E-state index < -0.39 is 19.0 Å². The first-order chi connectivity index (χ1) is 13.5. The van der Waals surface area contributed by atoms with Gasteiger partial charge in [-0.25, -0.2) is 4.57 Å². The molecular weight excluding hydrogens is 377 g/mol. The Balaban J connectivity index is 2.38. The molecule has 0 aliphatic rings. The minimum atomic E-state index is -4.04. The lowest BCUT2D eigenvalue weighted by Gasteiger charge is -2.22. The van der Waals surface area contributed by atoms with Gasteiger partial charge in [0.05, 0.1) is 13.2 Å². The van der Waals surface area contributed by atoms with Gasteiger partial charge in [0.2, 0.25) is 0 Å². The lowest BCUT2D eigenvalue weighted by molar-refractivity contribution is -0.129. The maximum Gasteiger partial charge on any atom is 0.465 e. The maximum atomic E-state index is 13.2. The van der Waals surface area contributed by atoms with Crippen LogP contribution in [-0.4, -0.2) is 34.3 Å². The Morgan fingerprint density at radius 2 is 1.36 bits per heavy atom. The summed E-state index contributed by atoms with van der Waals surface area (Å²) in [6.07, 6.45) is 0. The molecule has 0 radical (unpaired) electrons. The summed E-state index contributed by atoms with van der Waals surface area (Å²) in [7, 11) is -4.04. The zero-order valence-corrected chi connectivity index (χ0v) is 16.9. The Labute approximate surface area is 165 Å². The van der Waals surface area contributed by atoms with Crippen LogP contribution >= 0.6 is 7.60 Å². The minimum absolute atomic E-state index is 0.0426. The SMILES string of the molecule is CCOP(=O)(OCC)C(=[N+]=[N-])C(=O)N(Cc1ccccc1)Cc1ccccc1. The number of hydrogen-bond acceptors (Lipinski definition) is 4. The van der Waals surface area contributed by atoms with Crippen molar-refractivity contribution in [3.63, 3.8) is 0 Å². The second kappa shape index (κ2) is 10.7. The number of hydrogen-bond donors (Lipinski definition) is 0. The van der Waals surface area contributed by atoms with Crippen molar-refractivity contribution in [3.05, 3.63) is 77.3 Å². The molecule has 0 aliphatic heterocycles. The van der Waals surface area contributed by atoms with Crippen molar-refractivity contribution in [2.75, 3.05) is 13.2 Å². The topological polar surface area (TPSA) is 92.2 Å². The minimum Gasteiger partial charge on any atom is -0.360 e. The van der Waals surface area contributed by atoms with Crippen molar-refractivity contribution in [1.82, 2.24) is 4.90 Å². The van der Waals surface area contributed by atoms with Crippen molar-refractivity contribution in [3.8, 4) is 0 Å². The van der Waals surface area contributed by atoms with Gasteiger partial charge in [0.25, 0.3) is 0 Å². The summed E-state index contributed by atoms with van der Waals surface area (Å²) in [5.41, 5.74) is 10.6. The molecule has 2 aromatic carbocycles. The summed E-state index contributed by atoms with van der Waals surface area (Å²) in [5.74, 6) is -0.708. The Morgan fingerprint density at radius 1 is 0.929 bits per heavy atom. The van der Waals surface area contributed by atoms with Gasteiger partial charge < -0.3 is 19.5 Å². The molecule has 0 heterocycles. The Kier molecular flexibility index (Phi) is 8.30. The highest BCUT2D eigenvalue weighted by molar-refractivity contribution is 7.74. The molecule has 1 amide bonds. The lowest BCUT2D eigenvalue weighted by atomic mass is 10.1. The van der Waals surface area contributed by atoms with Crippen LogP contribution in [0, 0.1) is 0 Å². The van der Waals surface area contributed by atoms with Crippen LogP contribution < -0.4 is 0 Å². The lowest BCUT2D eigenvalue weighted by Crippen LogP contribution is -2.36. The fourth-order valence-electron chi connectivity index (χ4n) is 2.66. The van der Waals surface area contributed by atoms with Crippen molar-refractivity contribution >= 4 is 19.0 Å². The van der Waals surface area contributed by atoms with E-state index in [9.17, 15) is 14.9 Å². The van der Waals surface area contributed by atoms with E-state index >= 15 is 0 Å². The second-order valence-electron chi connectivity index (χ2n) is 5.89. The number of amides is 1. The van der Waals surface area contributed by atoms with Crippen molar-refractivity contribution in [2.24, 2.45) is 0 Å². The van der Waals surface area contributed by atoms with E-state index in [1.165, 1.54) is 4.90 Å². The number of nitrogens with zero attached hydrogens (tertiary/aromatic N) is 3. The third kappa shape index (κ3) is 5.72. The molecule has 0 fully saturated rings. The predicted molar refractivity (Wildman–Crippen MR) is 107 cm³/mol. The molecule has 0 aromatic heterocycles. The first-order valence-electron chi connectivity index (χ1n) is 9.03. The fourth-order valence-corrected chi connectivity index (χ4v) is 4.15. The van der Waals surface area contributed by atoms with Crippen LogP contribution in [0.1, 0.15) is 25.0 Å². The third-order valence-corrected chi connectivity index (χ3v) is 5.86. The van der Waals surface area contributed by atoms with E-state index in [0.717, 1.165) is 11.1 Å². The van der Waals surface area contributed by atoms with Crippen molar-refractivity contribution in [1.29, 1.82) is 0 Å². The van der Waals surface area contributed by atoms with E-state index in [2.05, 4.69) is 4.79 Å². The third-order valence-electron chi connectivity index (χ3n) is 3.86. The number of carbonyl (C=O) groups excluding carboxylic acids is 1. The Bertz CT molecular complexity index is 816. The molecule has 0 bridgehead atoms.